The molecule has 0 saturated carbocycles. The van der Waals surface area contributed by atoms with E-state index in [1.54, 1.807) is 0 Å². The molecule has 1 aliphatic rings. The lowest BCUT2D eigenvalue weighted by Crippen LogP contribution is -2.42. The topological polar surface area (TPSA) is 58.4 Å². The van der Waals surface area contributed by atoms with Crippen molar-refractivity contribution >= 4 is 28.7 Å². The van der Waals surface area contributed by atoms with Gasteiger partial charge in [-0.15, -0.1) is 0 Å². The van der Waals surface area contributed by atoms with E-state index in [2.05, 4.69) is 4.98 Å². The first-order chi connectivity index (χ1) is 12.6. The molecule has 27 heavy (non-hydrogen) atoms. The largest absolute Gasteiger partial charge is 0.465 e. The highest BCUT2D eigenvalue weighted by atomic mass is 127. The van der Waals surface area contributed by atoms with E-state index in [-0.39, 0.29) is 6.42 Å². The second-order valence-electron chi connectivity index (χ2n) is 6.33. The van der Waals surface area contributed by atoms with Gasteiger partial charge in [-0.05, 0) is 60.1 Å². The number of carboxylic acid groups (broad SMARTS) is 1. The molecule has 1 aromatic carbocycles. The Balaban J connectivity index is 1.86. The van der Waals surface area contributed by atoms with Crippen LogP contribution in [0.4, 0.5) is 22.4 Å². The minimum Gasteiger partial charge on any atom is -0.465 e. The zero-order valence-electron chi connectivity index (χ0n) is 14.2. The van der Waals surface area contributed by atoms with Gasteiger partial charge in [0, 0.05) is 13.1 Å². The first-order valence-corrected chi connectivity index (χ1v) is 9.25. The van der Waals surface area contributed by atoms with E-state index in [0.717, 1.165) is 23.7 Å². The van der Waals surface area contributed by atoms with Gasteiger partial charge >= 0.3 is 12.3 Å². The molecule has 1 aliphatic heterocycles. The molecule has 1 unspecified atom stereocenters. The van der Waals surface area contributed by atoms with Crippen LogP contribution in [0.1, 0.15) is 35.1 Å². The van der Waals surface area contributed by atoms with Crippen molar-refractivity contribution in [2.45, 2.75) is 38.5 Å². The fourth-order valence-electron chi connectivity index (χ4n) is 3.43. The lowest BCUT2D eigenvalue weighted by atomic mass is 9.99. The molecule has 0 spiro atoms. The van der Waals surface area contributed by atoms with Gasteiger partial charge < -0.3 is 9.67 Å². The van der Waals surface area contributed by atoms with Crippen LogP contribution in [0, 0.1) is 16.4 Å². The highest BCUT2D eigenvalue weighted by Gasteiger charge is 2.35. The first-order valence-electron chi connectivity index (χ1n) is 8.17. The summed E-state index contributed by atoms with van der Waals surface area (Å²) in [5, 5.41) is 9.51. The Labute approximate surface area is 166 Å². The van der Waals surface area contributed by atoms with Crippen molar-refractivity contribution in [1.29, 1.82) is 0 Å². The number of fused-ring (bicyclic) bond motifs is 1. The molecule has 1 atom stereocenters. The Kier molecular flexibility index (Phi) is 5.37. The highest BCUT2D eigenvalue weighted by Crippen LogP contribution is 2.35. The monoisotopic (exact) mass is 497 g/mol. The Morgan fingerprint density at radius 3 is 2.67 bits per heavy atom. The van der Waals surface area contributed by atoms with Crippen LogP contribution in [0.3, 0.4) is 0 Å². The van der Waals surface area contributed by atoms with E-state index in [1.165, 1.54) is 11.0 Å². The summed E-state index contributed by atoms with van der Waals surface area (Å²) in [6, 6.07) is 2.32. The number of halogens is 5. The molecule has 1 amide bonds. The number of hydrogen-bond donors (Lipinski definition) is 1. The number of aryl methyl sites for hydroxylation is 2. The number of aromatic nitrogens is 2. The van der Waals surface area contributed by atoms with Gasteiger partial charge in [0.05, 0.1) is 17.3 Å². The third-order valence-corrected chi connectivity index (χ3v) is 5.49. The SMILES string of the molecule is Cc1nc(I)c2n1CCN(C(=O)O)C2CCc1ccc(C(F)(F)F)c(F)c1. The number of nitrogens with zero attached hydrogens (tertiary/aromatic N) is 3. The molecule has 3 rings (SSSR count). The van der Waals surface area contributed by atoms with Crippen LogP contribution in [0.2, 0.25) is 0 Å². The van der Waals surface area contributed by atoms with Crippen molar-refractivity contribution in [2.75, 3.05) is 6.54 Å². The summed E-state index contributed by atoms with van der Waals surface area (Å²) in [5.74, 6) is -0.542. The van der Waals surface area contributed by atoms with Crippen LogP contribution in [0.15, 0.2) is 18.2 Å². The van der Waals surface area contributed by atoms with Gasteiger partial charge in [-0.2, -0.15) is 13.2 Å². The Morgan fingerprint density at radius 2 is 2.07 bits per heavy atom. The molecule has 10 heteroatoms. The zero-order valence-corrected chi connectivity index (χ0v) is 16.4. The average molecular weight is 497 g/mol. The lowest BCUT2D eigenvalue weighted by Gasteiger charge is -2.35. The molecule has 146 valence electrons. The third-order valence-electron chi connectivity index (χ3n) is 4.70. The molecule has 1 N–H and O–H groups in total. The van der Waals surface area contributed by atoms with Crippen LogP contribution in [-0.4, -0.2) is 32.2 Å². The Hall–Kier alpha value is -1.85. The van der Waals surface area contributed by atoms with E-state index in [9.17, 15) is 27.5 Å². The molecule has 0 fully saturated rings. The second kappa shape index (κ2) is 7.28. The zero-order chi connectivity index (χ0) is 19.9. The molecule has 2 heterocycles. The average Bonchev–Trinajstić information content (AvgIpc) is 2.86. The van der Waals surface area contributed by atoms with Gasteiger partial charge in [0.2, 0.25) is 0 Å². The molecule has 1 aromatic heterocycles. The van der Waals surface area contributed by atoms with Crippen molar-refractivity contribution in [1.82, 2.24) is 14.5 Å². The van der Waals surface area contributed by atoms with Gasteiger partial charge in [0.1, 0.15) is 15.3 Å². The molecular formula is C17H16F4IN3O2. The minimum atomic E-state index is -4.74. The highest BCUT2D eigenvalue weighted by molar-refractivity contribution is 14.1. The maximum absolute atomic E-state index is 13.8. The minimum absolute atomic E-state index is 0.240. The normalized spacial score (nSPS) is 17.1. The predicted molar refractivity (Wildman–Crippen MR) is 96.9 cm³/mol. The van der Waals surface area contributed by atoms with Crippen molar-refractivity contribution in [3.63, 3.8) is 0 Å². The number of amides is 1. The second-order valence-corrected chi connectivity index (χ2v) is 7.35. The van der Waals surface area contributed by atoms with Gasteiger partial charge in [0.25, 0.3) is 0 Å². The summed E-state index contributed by atoms with van der Waals surface area (Å²) in [7, 11) is 0. The molecule has 0 radical (unpaired) electrons. The number of alkyl halides is 3. The van der Waals surface area contributed by atoms with Crippen molar-refractivity contribution in [3.05, 3.63) is 50.4 Å². The third kappa shape index (κ3) is 3.90. The van der Waals surface area contributed by atoms with E-state index >= 15 is 0 Å². The van der Waals surface area contributed by atoms with Crippen LogP contribution in [0.5, 0.6) is 0 Å². The summed E-state index contributed by atoms with van der Waals surface area (Å²) < 4.78 is 54.5. The maximum Gasteiger partial charge on any atom is 0.419 e. The summed E-state index contributed by atoms with van der Waals surface area (Å²) >= 11 is 2.05. The number of benzene rings is 1. The molecule has 0 aliphatic carbocycles. The Morgan fingerprint density at radius 1 is 1.37 bits per heavy atom. The van der Waals surface area contributed by atoms with Crippen LogP contribution >= 0.6 is 22.6 Å². The van der Waals surface area contributed by atoms with Gasteiger partial charge in [-0.25, -0.2) is 14.2 Å². The summed E-state index contributed by atoms with van der Waals surface area (Å²) in [6.45, 7) is 2.63. The molecule has 0 saturated heterocycles. The quantitative estimate of drug-likeness (QED) is 0.498. The summed E-state index contributed by atoms with van der Waals surface area (Å²) in [6.07, 6.45) is -5.26. The fourth-order valence-corrected chi connectivity index (χ4v) is 4.42. The van der Waals surface area contributed by atoms with Crippen LogP contribution in [-0.2, 0) is 19.1 Å². The predicted octanol–water partition coefficient (Wildman–Crippen LogP) is 4.62. The number of hydrogen-bond acceptors (Lipinski definition) is 2. The summed E-state index contributed by atoms with van der Waals surface area (Å²) in [4.78, 5) is 17.3. The van der Waals surface area contributed by atoms with Gasteiger partial charge in [-0.3, -0.25) is 4.90 Å². The van der Waals surface area contributed by atoms with Crippen molar-refractivity contribution in [3.8, 4) is 0 Å². The number of carbonyl (C=O) groups is 1. The fraction of sp³-hybridized carbons (Fsp3) is 0.412. The van der Waals surface area contributed by atoms with E-state index in [0.29, 0.717) is 28.8 Å². The molecular weight excluding hydrogens is 481 g/mol. The Bertz CT molecular complexity index is 882. The molecule has 5 nitrogen and oxygen atoms in total. The first kappa shape index (κ1) is 19.9. The number of imidazole rings is 1. The van der Waals surface area contributed by atoms with Crippen molar-refractivity contribution < 1.29 is 27.5 Å². The van der Waals surface area contributed by atoms with E-state index in [1.807, 2.05) is 34.1 Å². The lowest BCUT2D eigenvalue weighted by molar-refractivity contribution is -0.140. The molecule has 2 aromatic rings. The smallest absolute Gasteiger partial charge is 0.419 e. The molecule has 0 bridgehead atoms. The van der Waals surface area contributed by atoms with Crippen LogP contribution in [0.25, 0.3) is 0 Å². The standard InChI is InChI=1S/C17H16F4IN3O2/c1-9-23-15(22)14-13(25(16(26)27)7-6-24(9)14)5-3-10-2-4-11(12(18)8-10)17(19,20)21/h2,4,8,13H,3,5-7H2,1H3,(H,26,27). The maximum atomic E-state index is 13.8. The van der Waals surface area contributed by atoms with E-state index in [4.69, 9.17) is 0 Å². The van der Waals surface area contributed by atoms with Crippen LogP contribution < -0.4 is 0 Å². The summed E-state index contributed by atoms with van der Waals surface area (Å²) in [5.41, 5.74) is -0.150. The van der Waals surface area contributed by atoms with Crippen molar-refractivity contribution in [2.24, 2.45) is 0 Å². The number of rotatable bonds is 3. The van der Waals surface area contributed by atoms with Gasteiger partial charge in [-0.1, -0.05) is 6.07 Å². The van der Waals surface area contributed by atoms with E-state index < -0.39 is 29.7 Å². The van der Waals surface area contributed by atoms with Gasteiger partial charge in [0.15, 0.2) is 0 Å².